The van der Waals surface area contributed by atoms with Crippen LogP contribution in [0.15, 0.2) is 18.2 Å². The Kier molecular flexibility index (Phi) is 4.16. The molecule has 106 valence electrons. The highest BCUT2D eigenvalue weighted by atomic mass is 15.3. The van der Waals surface area contributed by atoms with Gasteiger partial charge in [0.15, 0.2) is 0 Å². The molecular weight excluding hydrogens is 234 g/mol. The second kappa shape index (κ2) is 5.51. The van der Waals surface area contributed by atoms with Crippen molar-refractivity contribution >= 4 is 5.69 Å². The molecule has 0 radical (unpaired) electrons. The molecule has 2 rings (SSSR count). The zero-order chi connectivity index (χ0) is 14.0. The largest absolute Gasteiger partial charge is 0.369 e. The van der Waals surface area contributed by atoms with Crippen molar-refractivity contribution < 1.29 is 0 Å². The van der Waals surface area contributed by atoms with Crippen LogP contribution in [0.5, 0.6) is 0 Å². The van der Waals surface area contributed by atoms with Crippen LogP contribution in [0.4, 0.5) is 5.69 Å². The predicted molar refractivity (Wildman–Crippen MR) is 82.8 cm³/mol. The predicted octanol–water partition coefficient (Wildman–Crippen LogP) is 2.16. The number of hydrogen-bond donors (Lipinski definition) is 1. The molecular formula is C16H27N3. The van der Waals surface area contributed by atoms with Crippen LogP contribution in [0.1, 0.15) is 25.0 Å². The summed E-state index contributed by atoms with van der Waals surface area (Å²) in [6, 6.07) is 6.73. The highest BCUT2D eigenvalue weighted by Crippen LogP contribution is 2.24. The van der Waals surface area contributed by atoms with Crippen molar-refractivity contribution in [2.24, 2.45) is 5.73 Å². The van der Waals surface area contributed by atoms with Gasteiger partial charge in [-0.2, -0.15) is 0 Å². The molecule has 0 aliphatic carbocycles. The van der Waals surface area contributed by atoms with Gasteiger partial charge in [-0.05, 0) is 39.3 Å². The molecule has 1 fully saturated rings. The number of nitrogens with zero attached hydrogens (tertiary/aromatic N) is 2. The number of benzene rings is 1. The van der Waals surface area contributed by atoms with E-state index < -0.39 is 0 Å². The third kappa shape index (κ3) is 3.10. The van der Waals surface area contributed by atoms with Crippen molar-refractivity contribution in [1.82, 2.24) is 4.90 Å². The highest BCUT2D eigenvalue weighted by Gasteiger charge is 2.28. The lowest BCUT2D eigenvalue weighted by molar-refractivity contribution is 0.119. The smallest absolute Gasteiger partial charge is 0.0396 e. The van der Waals surface area contributed by atoms with Crippen LogP contribution in [0.3, 0.4) is 0 Å². The van der Waals surface area contributed by atoms with Gasteiger partial charge in [0.25, 0.3) is 0 Å². The van der Waals surface area contributed by atoms with Gasteiger partial charge >= 0.3 is 0 Å². The lowest BCUT2D eigenvalue weighted by atomic mass is 10.0. The molecule has 3 nitrogen and oxygen atoms in total. The molecule has 1 aliphatic rings. The molecule has 1 aliphatic heterocycles. The molecule has 3 heteroatoms. The van der Waals surface area contributed by atoms with E-state index in [1.54, 1.807) is 0 Å². The Morgan fingerprint density at radius 2 is 1.74 bits per heavy atom. The maximum atomic E-state index is 5.87. The topological polar surface area (TPSA) is 32.5 Å². The van der Waals surface area contributed by atoms with E-state index in [0.717, 1.165) is 32.7 Å². The minimum atomic E-state index is 0.119. The molecule has 0 bridgehead atoms. The molecule has 1 saturated heterocycles. The fourth-order valence-electron chi connectivity index (χ4n) is 2.84. The Labute approximate surface area is 117 Å². The first-order valence-corrected chi connectivity index (χ1v) is 7.21. The number of aryl methyl sites for hydroxylation is 2. The highest BCUT2D eigenvalue weighted by molar-refractivity contribution is 5.54. The van der Waals surface area contributed by atoms with E-state index in [4.69, 9.17) is 5.73 Å². The van der Waals surface area contributed by atoms with Crippen LogP contribution in [-0.2, 0) is 0 Å². The van der Waals surface area contributed by atoms with Crippen molar-refractivity contribution in [2.75, 3.05) is 37.6 Å². The van der Waals surface area contributed by atoms with Crippen LogP contribution in [0, 0.1) is 13.8 Å². The first kappa shape index (κ1) is 14.4. The Hall–Kier alpha value is -1.06. The standard InChI is InChI=1S/C16H27N3/c1-13-5-6-15(14(2)11-13)18-7-9-19(10-8-18)16(3,4)12-17/h5-6,11H,7-10,12,17H2,1-4H3. The summed E-state index contributed by atoms with van der Waals surface area (Å²) < 4.78 is 0. The van der Waals surface area contributed by atoms with Gasteiger partial charge in [-0.15, -0.1) is 0 Å². The van der Waals surface area contributed by atoms with Crippen molar-refractivity contribution in [3.63, 3.8) is 0 Å². The van der Waals surface area contributed by atoms with Crippen LogP contribution < -0.4 is 10.6 Å². The molecule has 0 amide bonds. The molecule has 19 heavy (non-hydrogen) atoms. The van der Waals surface area contributed by atoms with Gasteiger partial charge in [0, 0.05) is 44.0 Å². The third-order valence-corrected chi connectivity index (χ3v) is 4.33. The third-order valence-electron chi connectivity index (χ3n) is 4.33. The zero-order valence-electron chi connectivity index (χ0n) is 12.7. The maximum Gasteiger partial charge on any atom is 0.0396 e. The summed E-state index contributed by atoms with van der Waals surface area (Å²) >= 11 is 0. The van der Waals surface area contributed by atoms with Crippen molar-refractivity contribution in [3.05, 3.63) is 29.3 Å². The molecule has 2 N–H and O–H groups in total. The second-order valence-electron chi connectivity index (χ2n) is 6.28. The number of piperazine rings is 1. The molecule has 1 heterocycles. The molecule has 1 aromatic rings. The first-order chi connectivity index (χ1) is 8.94. The number of rotatable bonds is 3. The molecule has 0 aromatic heterocycles. The van der Waals surface area contributed by atoms with Crippen molar-refractivity contribution in [3.8, 4) is 0 Å². The van der Waals surface area contributed by atoms with E-state index in [0.29, 0.717) is 0 Å². The van der Waals surface area contributed by atoms with Crippen LogP contribution in [0.2, 0.25) is 0 Å². The quantitative estimate of drug-likeness (QED) is 0.905. The molecule has 0 unspecified atom stereocenters. The molecule has 0 atom stereocenters. The second-order valence-corrected chi connectivity index (χ2v) is 6.28. The van der Waals surface area contributed by atoms with Gasteiger partial charge in [0.05, 0.1) is 0 Å². The van der Waals surface area contributed by atoms with Gasteiger partial charge in [-0.25, -0.2) is 0 Å². The fourth-order valence-corrected chi connectivity index (χ4v) is 2.84. The normalized spacial score (nSPS) is 17.8. The summed E-state index contributed by atoms with van der Waals surface area (Å²) in [4.78, 5) is 5.00. The number of anilines is 1. The van der Waals surface area contributed by atoms with Crippen molar-refractivity contribution in [2.45, 2.75) is 33.2 Å². The summed E-state index contributed by atoms with van der Waals surface area (Å²) in [6.45, 7) is 13.9. The van der Waals surface area contributed by atoms with Crippen LogP contribution >= 0.6 is 0 Å². The summed E-state index contributed by atoms with van der Waals surface area (Å²) in [6.07, 6.45) is 0. The van der Waals surface area contributed by atoms with Gasteiger partial charge in [-0.3, -0.25) is 4.90 Å². The number of hydrogen-bond acceptors (Lipinski definition) is 3. The molecule has 0 saturated carbocycles. The van der Waals surface area contributed by atoms with Crippen molar-refractivity contribution in [1.29, 1.82) is 0 Å². The van der Waals surface area contributed by atoms with E-state index in [2.05, 4.69) is 55.7 Å². The van der Waals surface area contributed by atoms with Crippen LogP contribution in [-0.4, -0.2) is 43.2 Å². The minimum absolute atomic E-state index is 0.119. The van der Waals surface area contributed by atoms with E-state index >= 15 is 0 Å². The summed E-state index contributed by atoms with van der Waals surface area (Å²) in [5.41, 5.74) is 10.1. The minimum Gasteiger partial charge on any atom is -0.369 e. The van der Waals surface area contributed by atoms with Crippen LogP contribution in [0.25, 0.3) is 0 Å². The molecule has 1 aromatic carbocycles. The van der Waals surface area contributed by atoms with Gasteiger partial charge in [0.2, 0.25) is 0 Å². The lowest BCUT2D eigenvalue weighted by Crippen LogP contribution is -2.57. The monoisotopic (exact) mass is 261 g/mol. The van der Waals surface area contributed by atoms with E-state index in [9.17, 15) is 0 Å². The van der Waals surface area contributed by atoms with Gasteiger partial charge < -0.3 is 10.6 Å². The Morgan fingerprint density at radius 1 is 1.11 bits per heavy atom. The van der Waals surface area contributed by atoms with Gasteiger partial charge in [-0.1, -0.05) is 17.7 Å². The number of nitrogens with two attached hydrogens (primary N) is 1. The maximum absolute atomic E-state index is 5.87. The lowest BCUT2D eigenvalue weighted by Gasteiger charge is -2.44. The average molecular weight is 261 g/mol. The Morgan fingerprint density at radius 3 is 2.26 bits per heavy atom. The summed E-state index contributed by atoms with van der Waals surface area (Å²) in [5, 5.41) is 0. The van der Waals surface area contributed by atoms with E-state index in [1.807, 2.05) is 0 Å². The first-order valence-electron chi connectivity index (χ1n) is 7.21. The van der Waals surface area contributed by atoms with E-state index in [1.165, 1.54) is 16.8 Å². The van der Waals surface area contributed by atoms with E-state index in [-0.39, 0.29) is 5.54 Å². The molecule has 0 spiro atoms. The summed E-state index contributed by atoms with van der Waals surface area (Å²) in [7, 11) is 0. The fraction of sp³-hybridized carbons (Fsp3) is 0.625. The summed E-state index contributed by atoms with van der Waals surface area (Å²) in [5.74, 6) is 0. The van der Waals surface area contributed by atoms with Gasteiger partial charge in [0.1, 0.15) is 0 Å². The SMILES string of the molecule is Cc1ccc(N2CCN(C(C)(C)CN)CC2)c(C)c1. The Bertz CT molecular complexity index is 432. The average Bonchev–Trinajstić information content (AvgIpc) is 2.39. The zero-order valence-corrected chi connectivity index (χ0v) is 12.7. The Balaban J connectivity index is 2.04.